The number of amides is 1. The lowest BCUT2D eigenvalue weighted by Gasteiger charge is -2.28. The van der Waals surface area contributed by atoms with Crippen LogP contribution in [0.1, 0.15) is 44.7 Å². The molecule has 1 unspecified atom stereocenters. The van der Waals surface area contributed by atoms with Crippen LogP contribution in [-0.4, -0.2) is 45.3 Å². The van der Waals surface area contributed by atoms with E-state index in [0.717, 1.165) is 26.1 Å². The normalized spacial score (nSPS) is 18.9. The Morgan fingerprint density at radius 2 is 2.10 bits per heavy atom. The van der Waals surface area contributed by atoms with E-state index in [4.69, 9.17) is 4.98 Å². The van der Waals surface area contributed by atoms with Crippen molar-refractivity contribution < 1.29 is 9.18 Å². The minimum Gasteiger partial charge on any atom is -0.332 e. The molecule has 2 aliphatic rings. The fraction of sp³-hybridized carbons (Fsp3) is 0.348. The van der Waals surface area contributed by atoms with Gasteiger partial charge in [0.2, 0.25) is 0 Å². The van der Waals surface area contributed by atoms with Crippen LogP contribution in [0.15, 0.2) is 46.6 Å². The minimum absolute atomic E-state index is 0.0519. The Balaban J connectivity index is 1.34. The van der Waals surface area contributed by atoms with E-state index in [0.29, 0.717) is 30.0 Å². The smallest absolute Gasteiger partial charge is 0.257 e. The van der Waals surface area contributed by atoms with Crippen LogP contribution < -0.4 is 5.56 Å². The summed E-state index contributed by atoms with van der Waals surface area (Å²) in [6.45, 7) is 3.32. The first-order chi connectivity index (χ1) is 15.1. The minimum atomic E-state index is -0.533. The maximum atomic E-state index is 14.1. The first-order valence-electron chi connectivity index (χ1n) is 10.5. The summed E-state index contributed by atoms with van der Waals surface area (Å²) >= 11 is 1.75. The number of halogens is 1. The van der Waals surface area contributed by atoms with Gasteiger partial charge in [-0.15, -0.1) is 11.3 Å². The molecule has 5 rings (SSSR count). The molecule has 3 aromatic rings. The number of benzene rings is 1. The Morgan fingerprint density at radius 3 is 2.90 bits per heavy atom. The summed E-state index contributed by atoms with van der Waals surface area (Å²) in [6, 6.07) is 10.2. The van der Waals surface area contributed by atoms with Gasteiger partial charge in [-0.1, -0.05) is 18.2 Å². The van der Waals surface area contributed by atoms with Crippen molar-refractivity contribution in [2.24, 2.45) is 0 Å². The number of thiophene rings is 1. The number of carbonyl (C=O) groups is 1. The second-order valence-electron chi connectivity index (χ2n) is 8.13. The summed E-state index contributed by atoms with van der Waals surface area (Å²) in [5, 5.41) is 2.08. The fourth-order valence-corrected chi connectivity index (χ4v) is 5.20. The first kappa shape index (κ1) is 20.1. The number of aromatic nitrogens is 2. The average Bonchev–Trinajstić information content (AvgIpc) is 3.46. The average molecular weight is 439 g/mol. The van der Waals surface area contributed by atoms with Crippen LogP contribution >= 0.6 is 11.3 Å². The fourth-order valence-electron chi connectivity index (χ4n) is 4.45. The maximum absolute atomic E-state index is 14.1. The molecular formula is C23H23FN4O2S. The second kappa shape index (κ2) is 8.36. The van der Waals surface area contributed by atoms with E-state index in [1.54, 1.807) is 28.4 Å². The molecule has 160 valence electrons. The van der Waals surface area contributed by atoms with Crippen LogP contribution in [0.25, 0.3) is 0 Å². The lowest BCUT2D eigenvalue weighted by Crippen LogP contribution is -2.40. The molecule has 2 aromatic heterocycles. The van der Waals surface area contributed by atoms with Crippen LogP contribution in [-0.2, 0) is 19.5 Å². The number of rotatable bonds is 4. The highest BCUT2D eigenvalue weighted by Gasteiger charge is 2.30. The summed E-state index contributed by atoms with van der Waals surface area (Å²) in [6.07, 6.45) is 1.36. The second-order valence-corrected chi connectivity index (χ2v) is 9.17. The molecular weight excluding hydrogens is 415 g/mol. The standard InChI is InChI=1S/C23H23FN4O2S/c24-19-6-2-1-5-17(19)23(30)28-10-8-18-20(14-28)25-21(26-22(18)29)15-7-9-27(12-15)13-16-4-3-11-31-16/h1-6,11,15H,7-10,12-14H2,(H,25,26,29). The van der Waals surface area contributed by atoms with Crippen molar-refractivity contribution in [3.8, 4) is 0 Å². The molecule has 2 aliphatic heterocycles. The van der Waals surface area contributed by atoms with Gasteiger partial charge in [-0.25, -0.2) is 9.37 Å². The quantitative estimate of drug-likeness (QED) is 0.680. The van der Waals surface area contributed by atoms with Crippen LogP contribution in [0.3, 0.4) is 0 Å². The van der Waals surface area contributed by atoms with Gasteiger partial charge in [-0.05, 0) is 43.0 Å². The van der Waals surface area contributed by atoms with Gasteiger partial charge in [0, 0.05) is 36.0 Å². The molecule has 1 aromatic carbocycles. The number of likely N-dealkylation sites (tertiary alicyclic amines) is 1. The summed E-state index contributed by atoms with van der Waals surface area (Å²) in [5.41, 5.74) is 1.20. The van der Waals surface area contributed by atoms with Crippen molar-refractivity contribution in [3.05, 3.63) is 85.5 Å². The number of hydrogen-bond acceptors (Lipinski definition) is 5. The van der Waals surface area contributed by atoms with E-state index >= 15 is 0 Å². The third kappa shape index (κ3) is 4.05. The van der Waals surface area contributed by atoms with Crippen molar-refractivity contribution >= 4 is 17.2 Å². The maximum Gasteiger partial charge on any atom is 0.257 e. The van der Waals surface area contributed by atoms with E-state index in [2.05, 4.69) is 27.4 Å². The molecule has 4 heterocycles. The molecule has 0 bridgehead atoms. The Morgan fingerprint density at radius 1 is 1.23 bits per heavy atom. The number of nitrogens with zero attached hydrogens (tertiary/aromatic N) is 3. The molecule has 0 radical (unpaired) electrons. The molecule has 31 heavy (non-hydrogen) atoms. The predicted molar refractivity (Wildman–Crippen MR) is 117 cm³/mol. The molecule has 1 fully saturated rings. The summed E-state index contributed by atoms with van der Waals surface area (Å²) in [7, 11) is 0. The topological polar surface area (TPSA) is 69.3 Å². The molecule has 0 spiro atoms. The number of carbonyl (C=O) groups excluding carboxylic acids is 1. The molecule has 0 saturated carbocycles. The van der Waals surface area contributed by atoms with Gasteiger partial charge in [-0.3, -0.25) is 14.5 Å². The van der Waals surface area contributed by atoms with Crippen LogP contribution in [0, 0.1) is 5.82 Å². The number of hydrogen-bond donors (Lipinski definition) is 1. The molecule has 6 nitrogen and oxygen atoms in total. The lowest BCUT2D eigenvalue weighted by molar-refractivity contribution is 0.0726. The Labute approximate surface area is 183 Å². The van der Waals surface area contributed by atoms with E-state index < -0.39 is 5.82 Å². The lowest BCUT2D eigenvalue weighted by atomic mass is 10.0. The Kier molecular flexibility index (Phi) is 5.41. The zero-order chi connectivity index (χ0) is 21.4. The molecule has 1 atom stereocenters. The van der Waals surface area contributed by atoms with Gasteiger partial charge >= 0.3 is 0 Å². The first-order valence-corrected chi connectivity index (χ1v) is 11.4. The molecule has 1 amide bonds. The molecule has 1 saturated heterocycles. The summed E-state index contributed by atoms with van der Waals surface area (Å²) in [5.74, 6) is -0.0433. The van der Waals surface area contributed by atoms with Gasteiger partial charge < -0.3 is 9.88 Å². The van der Waals surface area contributed by atoms with Crippen molar-refractivity contribution in [1.82, 2.24) is 19.8 Å². The predicted octanol–water partition coefficient (Wildman–Crippen LogP) is 3.16. The number of fused-ring (bicyclic) bond motifs is 1. The zero-order valence-electron chi connectivity index (χ0n) is 17.0. The van der Waals surface area contributed by atoms with E-state index in [1.165, 1.54) is 17.0 Å². The molecule has 1 N–H and O–H groups in total. The van der Waals surface area contributed by atoms with Gasteiger partial charge in [0.25, 0.3) is 11.5 Å². The highest BCUT2D eigenvalue weighted by Crippen LogP contribution is 2.27. The monoisotopic (exact) mass is 438 g/mol. The van der Waals surface area contributed by atoms with Crippen molar-refractivity contribution in [3.63, 3.8) is 0 Å². The van der Waals surface area contributed by atoms with E-state index in [-0.39, 0.29) is 29.5 Å². The van der Waals surface area contributed by atoms with Gasteiger partial charge in [0.1, 0.15) is 11.6 Å². The van der Waals surface area contributed by atoms with Crippen molar-refractivity contribution in [2.75, 3.05) is 19.6 Å². The summed E-state index contributed by atoms with van der Waals surface area (Å²) in [4.78, 5) is 38.6. The highest BCUT2D eigenvalue weighted by molar-refractivity contribution is 7.09. The SMILES string of the molecule is O=C(c1ccccc1F)N1CCc2c(nc(C3CCN(Cc4cccs4)C3)[nH]c2=O)C1. The van der Waals surface area contributed by atoms with Crippen LogP contribution in [0.2, 0.25) is 0 Å². The zero-order valence-corrected chi connectivity index (χ0v) is 17.8. The molecule has 8 heteroatoms. The third-order valence-corrected chi connectivity index (χ3v) is 6.96. The molecule has 0 aliphatic carbocycles. The van der Waals surface area contributed by atoms with Crippen LogP contribution in [0.4, 0.5) is 4.39 Å². The van der Waals surface area contributed by atoms with Crippen molar-refractivity contribution in [1.29, 1.82) is 0 Å². The largest absolute Gasteiger partial charge is 0.332 e. The highest BCUT2D eigenvalue weighted by atomic mass is 32.1. The van der Waals surface area contributed by atoms with Gasteiger partial charge in [-0.2, -0.15) is 0 Å². The number of H-pyrrole nitrogens is 1. The van der Waals surface area contributed by atoms with Gasteiger partial charge in [0.15, 0.2) is 0 Å². The van der Waals surface area contributed by atoms with E-state index in [1.807, 2.05) is 0 Å². The van der Waals surface area contributed by atoms with Crippen molar-refractivity contribution in [2.45, 2.75) is 31.8 Å². The third-order valence-electron chi connectivity index (χ3n) is 6.10. The number of aromatic amines is 1. The van der Waals surface area contributed by atoms with Crippen LogP contribution in [0.5, 0.6) is 0 Å². The summed E-state index contributed by atoms with van der Waals surface area (Å²) < 4.78 is 14.1. The van der Waals surface area contributed by atoms with Gasteiger partial charge in [0.05, 0.1) is 17.8 Å². The Hall–Kier alpha value is -2.84. The Bertz CT molecular complexity index is 1160. The van der Waals surface area contributed by atoms with E-state index in [9.17, 15) is 14.0 Å². The number of nitrogens with one attached hydrogen (secondary N) is 1.